The lowest BCUT2D eigenvalue weighted by Crippen LogP contribution is -2.46. The van der Waals surface area contributed by atoms with E-state index < -0.39 is 0 Å². The molecule has 1 aliphatic rings. The van der Waals surface area contributed by atoms with Crippen molar-refractivity contribution in [2.75, 3.05) is 31.1 Å². The number of hydrogen-bond donors (Lipinski definition) is 0. The first kappa shape index (κ1) is 16.3. The Kier molecular flexibility index (Phi) is 4.55. The Morgan fingerprint density at radius 3 is 2.68 bits per heavy atom. The highest BCUT2D eigenvalue weighted by molar-refractivity contribution is 6.30. The lowest BCUT2D eigenvalue weighted by atomic mass is 10.2. The molecule has 25 heavy (non-hydrogen) atoms. The van der Waals surface area contributed by atoms with Gasteiger partial charge in [-0.3, -0.25) is 4.90 Å². The van der Waals surface area contributed by atoms with Gasteiger partial charge >= 0.3 is 0 Å². The SMILES string of the molecule is CCc1nnc2cc(N3CCN(Cc4cccc(Cl)c4)CC3)cnn12. The first-order valence-corrected chi connectivity index (χ1v) is 9.03. The molecule has 1 saturated heterocycles. The molecular weight excluding hydrogens is 336 g/mol. The first-order valence-electron chi connectivity index (χ1n) is 8.65. The maximum Gasteiger partial charge on any atom is 0.179 e. The highest BCUT2D eigenvalue weighted by atomic mass is 35.5. The fourth-order valence-electron chi connectivity index (χ4n) is 3.28. The van der Waals surface area contributed by atoms with Gasteiger partial charge < -0.3 is 4.90 Å². The Balaban J connectivity index is 1.41. The van der Waals surface area contributed by atoms with Crippen LogP contribution < -0.4 is 4.90 Å². The summed E-state index contributed by atoms with van der Waals surface area (Å²) in [7, 11) is 0. The number of anilines is 1. The highest BCUT2D eigenvalue weighted by Gasteiger charge is 2.18. The van der Waals surface area contributed by atoms with Gasteiger partial charge in [0.2, 0.25) is 0 Å². The minimum Gasteiger partial charge on any atom is -0.368 e. The number of rotatable bonds is 4. The largest absolute Gasteiger partial charge is 0.368 e. The third kappa shape index (κ3) is 3.45. The molecule has 0 atom stereocenters. The van der Waals surface area contributed by atoms with Gasteiger partial charge in [0.15, 0.2) is 11.5 Å². The maximum atomic E-state index is 6.08. The van der Waals surface area contributed by atoms with Crippen LogP contribution in [0.15, 0.2) is 36.5 Å². The van der Waals surface area contributed by atoms with Crippen molar-refractivity contribution < 1.29 is 0 Å². The van der Waals surface area contributed by atoms with Crippen LogP contribution in [-0.4, -0.2) is 50.9 Å². The van der Waals surface area contributed by atoms with Gasteiger partial charge in [-0.15, -0.1) is 10.2 Å². The monoisotopic (exact) mass is 356 g/mol. The summed E-state index contributed by atoms with van der Waals surface area (Å²) in [6, 6.07) is 10.2. The highest BCUT2D eigenvalue weighted by Crippen LogP contribution is 2.19. The van der Waals surface area contributed by atoms with Crippen molar-refractivity contribution in [2.45, 2.75) is 19.9 Å². The fraction of sp³-hybridized carbons (Fsp3) is 0.389. The zero-order chi connectivity index (χ0) is 17.2. The summed E-state index contributed by atoms with van der Waals surface area (Å²) in [6.07, 6.45) is 2.75. The summed E-state index contributed by atoms with van der Waals surface area (Å²) >= 11 is 6.08. The molecule has 0 spiro atoms. The van der Waals surface area contributed by atoms with E-state index in [1.807, 2.05) is 28.9 Å². The van der Waals surface area contributed by atoms with Crippen LogP contribution >= 0.6 is 11.6 Å². The molecule has 1 aromatic carbocycles. The molecule has 1 aliphatic heterocycles. The molecule has 2 aromatic heterocycles. The summed E-state index contributed by atoms with van der Waals surface area (Å²) in [6.45, 7) is 7.00. The van der Waals surface area contributed by atoms with Crippen LogP contribution in [0.1, 0.15) is 18.3 Å². The second-order valence-electron chi connectivity index (χ2n) is 6.35. The van der Waals surface area contributed by atoms with Crippen molar-refractivity contribution in [3.63, 3.8) is 0 Å². The van der Waals surface area contributed by atoms with Crippen LogP contribution in [0.2, 0.25) is 5.02 Å². The lowest BCUT2D eigenvalue weighted by Gasteiger charge is -2.35. The molecule has 7 heteroatoms. The molecule has 0 unspecified atom stereocenters. The van der Waals surface area contributed by atoms with E-state index in [1.54, 1.807) is 0 Å². The molecule has 0 bridgehead atoms. The van der Waals surface area contributed by atoms with Gasteiger partial charge in [-0.1, -0.05) is 30.7 Å². The molecule has 1 fully saturated rings. The van der Waals surface area contributed by atoms with Crippen molar-refractivity contribution in [2.24, 2.45) is 0 Å². The number of benzene rings is 1. The zero-order valence-electron chi connectivity index (χ0n) is 14.3. The van der Waals surface area contributed by atoms with Crippen LogP contribution in [0, 0.1) is 0 Å². The van der Waals surface area contributed by atoms with Crippen molar-refractivity contribution >= 4 is 22.9 Å². The summed E-state index contributed by atoms with van der Waals surface area (Å²) in [4.78, 5) is 4.82. The van der Waals surface area contributed by atoms with Gasteiger partial charge in [0.05, 0.1) is 11.9 Å². The maximum absolute atomic E-state index is 6.08. The van der Waals surface area contributed by atoms with Crippen molar-refractivity contribution in [3.05, 3.63) is 52.9 Å². The Hall–Kier alpha value is -2.18. The number of piperazine rings is 1. The molecule has 3 aromatic rings. The minimum atomic E-state index is 0.801. The van der Waals surface area contributed by atoms with Crippen LogP contribution in [-0.2, 0) is 13.0 Å². The third-order valence-electron chi connectivity index (χ3n) is 4.66. The Bertz CT molecular complexity index is 869. The fourth-order valence-corrected chi connectivity index (χ4v) is 3.49. The summed E-state index contributed by atoms with van der Waals surface area (Å²) in [5.41, 5.74) is 3.19. The van der Waals surface area contributed by atoms with E-state index >= 15 is 0 Å². The van der Waals surface area contributed by atoms with Crippen LogP contribution in [0.5, 0.6) is 0 Å². The topological polar surface area (TPSA) is 49.6 Å². The van der Waals surface area contributed by atoms with Gasteiger partial charge in [0.25, 0.3) is 0 Å². The molecule has 0 N–H and O–H groups in total. The number of nitrogens with zero attached hydrogens (tertiary/aromatic N) is 6. The average molecular weight is 357 g/mol. The van der Waals surface area contributed by atoms with Crippen LogP contribution in [0.4, 0.5) is 5.69 Å². The summed E-state index contributed by atoms with van der Waals surface area (Å²) in [5.74, 6) is 0.896. The quantitative estimate of drug-likeness (QED) is 0.719. The van der Waals surface area contributed by atoms with Gasteiger partial charge in [-0.25, -0.2) is 0 Å². The predicted octanol–water partition coefficient (Wildman–Crippen LogP) is 2.66. The van der Waals surface area contributed by atoms with Crippen LogP contribution in [0.25, 0.3) is 5.65 Å². The molecule has 0 radical (unpaired) electrons. The molecule has 4 rings (SSSR count). The Morgan fingerprint density at radius 1 is 1.08 bits per heavy atom. The normalized spacial score (nSPS) is 15.8. The molecule has 6 nitrogen and oxygen atoms in total. The first-order chi connectivity index (χ1) is 12.2. The Morgan fingerprint density at radius 2 is 1.92 bits per heavy atom. The van der Waals surface area contributed by atoms with Crippen molar-refractivity contribution in [3.8, 4) is 0 Å². The van der Waals surface area contributed by atoms with Gasteiger partial charge in [-0.05, 0) is 17.7 Å². The second kappa shape index (κ2) is 6.98. The second-order valence-corrected chi connectivity index (χ2v) is 6.78. The van der Waals surface area contributed by atoms with Gasteiger partial charge in [-0.2, -0.15) is 9.61 Å². The van der Waals surface area contributed by atoms with Crippen molar-refractivity contribution in [1.29, 1.82) is 0 Å². The van der Waals surface area contributed by atoms with E-state index in [-0.39, 0.29) is 0 Å². The molecule has 130 valence electrons. The van der Waals surface area contributed by atoms with Crippen LogP contribution in [0.3, 0.4) is 0 Å². The molecule has 0 saturated carbocycles. The van der Waals surface area contributed by atoms with E-state index in [0.717, 1.165) is 61.3 Å². The van der Waals surface area contributed by atoms with E-state index in [2.05, 4.69) is 44.2 Å². The van der Waals surface area contributed by atoms with Crippen molar-refractivity contribution in [1.82, 2.24) is 24.7 Å². The predicted molar refractivity (Wildman–Crippen MR) is 99.1 cm³/mol. The number of halogens is 1. The number of aromatic nitrogens is 4. The summed E-state index contributed by atoms with van der Waals surface area (Å²) < 4.78 is 1.82. The van der Waals surface area contributed by atoms with E-state index in [9.17, 15) is 0 Å². The lowest BCUT2D eigenvalue weighted by molar-refractivity contribution is 0.250. The zero-order valence-corrected chi connectivity index (χ0v) is 15.0. The van der Waals surface area contributed by atoms with Gasteiger partial charge in [0, 0.05) is 50.2 Å². The smallest absolute Gasteiger partial charge is 0.179 e. The van der Waals surface area contributed by atoms with Gasteiger partial charge in [0.1, 0.15) is 0 Å². The van der Waals surface area contributed by atoms with E-state index in [4.69, 9.17) is 11.6 Å². The van der Waals surface area contributed by atoms with E-state index in [1.165, 1.54) is 5.56 Å². The van der Waals surface area contributed by atoms with E-state index in [0.29, 0.717) is 0 Å². The standard InChI is InChI=1S/C18H21ClN6/c1-2-17-21-22-18-11-16(12-20-25(17)18)24-8-6-23(7-9-24)13-14-4-3-5-15(19)10-14/h3-5,10-12H,2,6-9,13H2,1H3. The third-order valence-corrected chi connectivity index (χ3v) is 4.90. The molecule has 0 amide bonds. The minimum absolute atomic E-state index is 0.801. The molecular formula is C18H21ClN6. The average Bonchev–Trinajstić information content (AvgIpc) is 3.05. The Labute approximate surface area is 152 Å². The molecule has 0 aliphatic carbocycles. The summed E-state index contributed by atoms with van der Waals surface area (Å²) in [5, 5.41) is 13.7. The number of fused-ring (bicyclic) bond motifs is 1. The number of aryl methyl sites for hydroxylation is 1. The molecule has 3 heterocycles. The number of hydrogen-bond acceptors (Lipinski definition) is 5.